The second-order valence-electron chi connectivity index (χ2n) is 6.74. The summed E-state index contributed by atoms with van der Waals surface area (Å²) in [5.74, 6) is 3.19. The van der Waals surface area contributed by atoms with Gasteiger partial charge in [0.05, 0.1) is 0 Å². The summed E-state index contributed by atoms with van der Waals surface area (Å²) in [6, 6.07) is 5.86. The van der Waals surface area contributed by atoms with Crippen LogP contribution in [0.1, 0.15) is 31.5 Å². The number of carbonyl (C=O) groups is 1. The molecule has 1 fully saturated rings. The largest absolute Gasteiger partial charge is 0.356 e. The summed E-state index contributed by atoms with van der Waals surface area (Å²) in [5, 5.41) is 11.4. The molecule has 3 atom stereocenters. The molecule has 1 saturated carbocycles. The highest BCUT2D eigenvalue weighted by atomic mass is 16.1. The topological polar surface area (TPSA) is 59.3 Å². The van der Waals surface area contributed by atoms with Gasteiger partial charge in [-0.3, -0.25) is 9.20 Å². The predicted octanol–water partition coefficient (Wildman–Crippen LogP) is 2.38. The van der Waals surface area contributed by atoms with Crippen molar-refractivity contribution >= 4 is 11.6 Å². The maximum atomic E-state index is 12.0. The van der Waals surface area contributed by atoms with E-state index in [9.17, 15) is 4.79 Å². The van der Waals surface area contributed by atoms with Gasteiger partial charge in [-0.2, -0.15) is 0 Å². The van der Waals surface area contributed by atoms with Gasteiger partial charge in [0.1, 0.15) is 5.82 Å². The molecule has 1 amide bonds. The predicted molar refractivity (Wildman–Crippen MR) is 87.8 cm³/mol. The number of aromatic nitrogens is 3. The van der Waals surface area contributed by atoms with Crippen molar-refractivity contribution in [2.24, 2.45) is 17.8 Å². The van der Waals surface area contributed by atoms with Crippen LogP contribution in [0.15, 0.2) is 36.5 Å². The Morgan fingerprint density at radius 1 is 1.26 bits per heavy atom. The van der Waals surface area contributed by atoms with Crippen molar-refractivity contribution in [3.8, 4) is 0 Å². The van der Waals surface area contributed by atoms with E-state index in [-0.39, 0.29) is 5.91 Å². The first-order valence-electron chi connectivity index (χ1n) is 8.53. The fraction of sp³-hybridized carbons (Fsp3) is 0.500. The Kier molecular flexibility index (Phi) is 3.85. The molecule has 0 unspecified atom stereocenters. The van der Waals surface area contributed by atoms with Crippen LogP contribution >= 0.6 is 0 Å². The van der Waals surface area contributed by atoms with E-state index in [1.807, 2.05) is 28.8 Å². The first-order chi connectivity index (χ1) is 11.3. The molecule has 0 saturated heterocycles. The number of nitrogens with one attached hydrogen (secondary N) is 1. The molecule has 1 N–H and O–H groups in total. The van der Waals surface area contributed by atoms with E-state index in [1.165, 1.54) is 12.8 Å². The molecular formula is C18H22N4O. The normalized spacial score (nSPS) is 25.3. The molecule has 2 aromatic rings. The lowest BCUT2D eigenvalue weighted by Gasteiger charge is -2.18. The summed E-state index contributed by atoms with van der Waals surface area (Å²) < 4.78 is 1.99. The molecular weight excluding hydrogens is 288 g/mol. The second-order valence-corrected chi connectivity index (χ2v) is 6.74. The molecule has 5 nitrogen and oxygen atoms in total. The number of hydrogen-bond acceptors (Lipinski definition) is 3. The van der Waals surface area contributed by atoms with Crippen LogP contribution in [0, 0.1) is 17.8 Å². The molecule has 5 heteroatoms. The Hall–Kier alpha value is -2.17. The Morgan fingerprint density at radius 2 is 2.22 bits per heavy atom. The Balaban J connectivity index is 1.22. The maximum absolute atomic E-state index is 12.0. The van der Waals surface area contributed by atoms with Crippen LogP contribution in [0.2, 0.25) is 0 Å². The number of nitrogens with zero attached hydrogens (tertiary/aromatic N) is 3. The molecule has 2 aliphatic rings. The van der Waals surface area contributed by atoms with Crippen LogP contribution in [0.25, 0.3) is 5.65 Å². The highest BCUT2D eigenvalue weighted by Gasteiger charge is 2.35. The van der Waals surface area contributed by atoms with Gasteiger partial charge in [-0.1, -0.05) is 18.2 Å². The summed E-state index contributed by atoms with van der Waals surface area (Å²) in [7, 11) is 0. The van der Waals surface area contributed by atoms with Gasteiger partial charge in [-0.15, -0.1) is 10.2 Å². The van der Waals surface area contributed by atoms with Crippen LogP contribution in [0.3, 0.4) is 0 Å². The van der Waals surface area contributed by atoms with E-state index in [1.54, 1.807) is 0 Å². The number of pyridine rings is 1. The number of hydrogen-bond donors (Lipinski definition) is 1. The third-order valence-corrected chi connectivity index (χ3v) is 5.17. The third-order valence-electron chi connectivity index (χ3n) is 5.17. The van der Waals surface area contributed by atoms with Crippen molar-refractivity contribution in [1.82, 2.24) is 19.9 Å². The van der Waals surface area contributed by atoms with Crippen molar-refractivity contribution in [2.75, 3.05) is 6.54 Å². The number of amides is 1. The van der Waals surface area contributed by atoms with Crippen LogP contribution < -0.4 is 5.32 Å². The number of allylic oxidation sites excluding steroid dienone is 2. The SMILES string of the molecule is O=C(CCCc1nnc2ccccn12)NC[C@H]1C[C@H]2C=C[C@H]1C2. The number of fused-ring (bicyclic) bond motifs is 3. The van der Waals surface area contributed by atoms with E-state index >= 15 is 0 Å². The Labute approximate surface area is 135 Å². The van der Waals surface area contributed by atoms with E-state index in [2.05, 4.69) is 27.7 Å². The highest BCUT2D eigenvalue weighted by molar-refractivity contribution is 5.75. The van der Waals surface area contributed by atoms with Crippen molar-refractivity contribution < 1.29 is 4.79 Å². The van der Waals surface area contributed by atoms with E-state index < -0.39 is 0 Å². The zero-order chi connectivity index (χ0) is 15.6. The lowest BCUT2D eigenvalue weighted by molar-refractivity contribution is -0.121. The smallest absolute Gasteiger partial charge is 0.220 e. The monoisotopic (exact) mass is 310 g/mol. The third kappa shape index (κ3) is 3.00. The Morgan fingerprint density at radius 3 is 3.04 bits per heavy atom. The van der Waals surface area contributed by atoms with Crippen molar-refractivity contribution in [2.45, 2.75) is 32.1 Å². The minimum atomic E-state index is 0.158. The number of aryl methyl sites for hydroxylation is 1. The first-order valence-corrected chi connectivity index (χ1v) is 8.53. The molecule has 4 rings (SSSR count). The highest BCUT2D eigenvalue weighted by Crippen LogP contribution is 2.42. The van der Waals surface area contributed by atoms with Gasteiger partial charge < -0.3 is 5.32 Å². The second kappa shape index (κ2) is 6.14. The molecule has 0 aliphatic heterocycles. The lowest BCUT2D eigenvalue weighted by Crippen LogP contribution is -2.30. The lowest BCUT2D eigenvalue weighted by atomic mass is 9.93. The minimum Gasteiger partial charge on any atom is -0.356 e. The fourth-order valence-corrected chi connectivity index (χ4v) is 3.93. The van der Waals surface area contributed by atoms with Gasteiger partial charge in [0.25, 0.3) is 0 Å². The fourth-order valence-electron chi connectivity index (χ4n) is 3.93. The summed E-state index contributed by atoms with van der Waals surface area (Å²) >= 11 is 0. The molecule has 2 heterocycles. The van der Waals surface area contributed by atoms with Crippen molar-refractivity contribution in [3.05, 3.63) is 42.4 Å². The van der Waals surface area contributed by atoms with Crippen LogP contribution in [0.5, 0.6) is 0 Å². The van der Waals surface area contributed by atoms with E-state index in [0.29, 0.717) is 18.3 Å². The van der Waals surface area contributed by atoms with Crippen molar-refractivity contribution in [1.29, 1.82) is 0 Å². The molecule has 2 aromatic heterocycles. The van der Waals surface area contributed by atoms with E-state index in [0.717, 1.165) is 36.8 Å². The van der Waals surface area contributed by atoms with Crippen molar-refractivity contribution in [3.63, 3.8) is 0 Å². The average Bonchev–Trinajstić information content (AvgIpc) is 3.28. The molecule has 0 aromatic carbocycles. The van der Waals surface area contributed by atoms with Crippen LogP contribution in [-0.4, -0.2) is 27.0 Å². The minimum absolute atomic E-state index is 0.158. The quantitative estimate of drug-likeness (QED) is 0.833. The van der Waals surface area contributed by atoms with Gasteiger partial charge in [-0.25, -0.2) is 0 Å². The maximum Gasteiger partial charge on any atom is 0.220 e. The summed E-state index contributed by atoms with van der Waals surface area (Å²) in [6.45, 7) is 0.832. The van der Waals surface area contributed by atoms with E-state index in [4.69, 9.17) is 0 Å². The Bertz CT molecular complexity index is 735. The molecule has 0 radical (unpaired) electrons. The van der Waals surface area contributed by atoms with Gasteiger partial charge in [-0.05, 0) is 49.1 Å². The van der Waals surface area contributed by atoms with Crippen LogP contribution in [0.4, 0.5) is 0 Å². The van der Waals surface area contributed by atoms with Crippen LogP contribution in [-0.2, 0) is 11.2 Å². The number of carbonyl (C=O) groups excluding carboxylic acids is 1. The molecule has 2 bridgehead atoms. The van der Waals surface area contributed by atoms with Gasteiger partial charge in [0.2, 0.25) is 5.91 Å². The molecule has 2 aliphatic carbocycles. The van der Waals surface area contributed by atoms with Gasteiger partial charge in [0, 0.05) is 25.6 Å². The summed E-state index contributed by atoms with van der Waals surface area (Å²) in [4.78, 5) is 12.0. The molecule has 23 heavy (non-hydrogen) atoms. The molecule has 120 valence electrons. The zero-order valence-electron chi connectivity index (χ0n) is 13.2. The number of rotatable bonds is 6. The van der Waals surface area contributed by atoms with Gasteiger partial charge >= 0.3 is 0 Å². The average molecular weight is 310 g/mol. The standard InChI is InChI=1S/C18H22N4O/c23-18(19-12-15-11-13-7-8-14(15)10-13)6-3-5-17-21-20-16-4-1-2-9-22(16)17/h1-2,4,7-9,13-15H,3,5-6,10-12H2,(H,19,23)/t13-,14-,15+/m0/s1. The van der Waals surface area contributed by atoms with Gasteiger partial charge in [0.15, 0.2) is 5.65 Å². The summed E-state index contributed by atoms with van der Waals surface area (Å²) in [6.07, 6.45) is 11.3. The first kappa shape index (κ1) is 14.4. The summed E-state index contributed by atoms with van der Waals surface area (Å²) in [5.41, 5.74) is 0.858. The molecule has 0 spiro atoms. The zero-order valence-corrected chi connectivity index (χ0v) is 13.2.